The van der Waals surface area contributed by atoms with E-state index in [2.05, 4.69) is 0 Å². The molecule has 0 aliphatic rings. The van der Waals surface area contributed by atoms with Gasteiger partial charge in [-0.1, -0.05) is 0 Å². The summed E-state index contributed by atoms with van der Waals surface area (Å²) in [6.45, 7) is 0. The van der Waals surface area contributed by atoms with Gasteiger partial charge in [-0.15, -0.1) is 0 Å². The Morgan fingerprint density at radius 3 is 1.00 bits per heavy atom. The van der Waals surface area contributed by atoms with Crippen molar-refractivity contribution in [1.29, 1.82) is 0 Å². The largest absolute Gasteiger partial charge is 0.399 e. The van der Waals surface area contributed by atoms with Crippen molar-refractivity contribution in [3.8, 4) is 0 Å². The lowest BCUT2D eigenvalue weighted by molar-refractivity contribution is 0.481. The summed E-state index contributed by atoms with van der Waals surface area (Å²) in [5, 5.41) is 0. The van der Waals surface area contributed by atoms with E-state index in [1.165, 1.54) is 48.5 Å². The Morgan fingerprint density at radius 2 is 0.818 bits per heavy atom. The maximum absolute atomic E-state index is 10.5. The molecule has 6 N–H and O–H groups in total. The van der Waals surface area contributed by atoms with Gasteiger partial charge in [0.1, 0.15) is 0 Å². The predicted octanol–water partition coefficient (Wildman–Crippen LogP) is 1.03. The smallest absolute Gasteiger partial charge is 0.294 e. The van der Waals surface area contributed by atoms with Crippen LogP contribution in [0.1, 0.15) is 0 Å². The number of nitrogen functional groups attached to an aromatic ring is 2. The average molecular weight is 346 g/mol. The lowest BCUT2D eigenvalue weighted by atomic mass is 10.3. The summed E-state index contributed by atoms with van der Waals surface area (Å²) in [5.74, 6) is 0. The normalized spacial score (nSPS) is 11.4. The van der Waals surface area contributed by atoms with Gasteiger partial charge in [0.2, 0.25) is 0 Å². The molecule has 0 unspecified atom stereocenters. The van der Waals surface area contributed by atoms with Crippen LogP contribution >= 0.6 is 0 Å². The third-order valence-corrected chi connectivity index (χ3v) is 4.09. The summed E-state index contributed by atoms with van der Waals surface area (Å²) >= 11 is 0. The first kappa shape index (κ1) is 17.9. The van der Waals surface area contributed by atoms with Crippen LogP contribution in [0, 0.1) is 0 Å². The fraction of sp³-hybridized carbons (Fsp3) is 0. The number of rotatable bonds is 2. The second-order valence-corrected chi connectivity index (χ2v) is 6.93. The molecule has 0 heterocycles. The van der Waals surface area contributed by atoms with Gasteiger partial charge in [-0.2, -0.15) is 16.8 Å². The molecule has 2 aromatic carbocycles. The van der Waals surface area contributed by atoms with Gasteiger partial charge in [0, 0.05) is 11.4 Å². The van der Waals surface area contributed by atoms with Crippen LogP contribution in [-0.4, -0.2) is 25.9 Å². The number of anilines is 2. The molecule has 2 aromatic rings. The minimum Gasteiger partial charge on any atom is -0.399 e. The van der Waals surface area contributed by atoms with Crippen molar-refractivity contribution >= 4 is 31.6 Å². The van der Waals surface area contributed by atoms with Crippen molar-refractivity contribution in [3.05, 3.63) is 48.5 Å². The highest BCUT2D eigenvalue weighted by Crippen LogP contribution is 2.11. The van der Waals surface area contributed by atoms with Crippen molar-refractivity contribution in [2.45, 2.75) is 9.79 Å². The second-order valence-electron chi connectivity index (χ2n) is 4.09. The van der Waals surface area contributed by atoms with Crippen LogP contribution < -0.4 is 11.5 Å². The van der Waals surface area contributed by atoms with Gasteiger partial charge in [0.15, 0.2) is 0 Å². The molecular weight excluding hydrogens is 332 g/mol. The number of hydrogen-bond acceptors (Lipinski definition) is 6. The zero-order valence-corrected chi connectivity index (χ0v) is 12.8. The molecule has 10 heteroatoms. The second kappa shape index (κ2) is 6.75. The van der Waals surface area contributed by atoms with Crippen LogP contribution in [0.15, 0.2) is 58.3 Å². The Labute approximate surface area is 127 Å². The zero-order valence-electron chi connectivity index (χ0n) is 11.1. The van der Waals surface area contributed by atoms with E-state index in [1.807, 2.05) is 0 Å². The molecule has 0 saturated carbocycles. The summed E-state index contributed by atoms with van der Waals surface area (Å²) in [6, 6.07) is 10.6. The molecule has 0 aliphatic heterocycles. The third kappa shape index (κ3) is 5.69. The first-order valence-corrected chi connectivity index (χ1v) is 8.54. The maximum Gasteiger partial charge on any atom is 0.294 e. The maximum atomic E-state index is 10.5. The van der Waals surface area contributed by atoms with Crippen molar-refractivity contribution in [2.24, 2.45) is 0 Å². The third-order valence-electron chi connectivity index (χ3n) is 2.36. The molecule has 0 bridgehead atoms. The van der Waals surface area contributed by atoms with Gasteiger partial charge in [-0.25, -0.2) is 0 Å². The molecule has 0 atom stereocenters. The standard InChI is InChI=1S/2C6H7NO3S/c2*7-5-1-3-6(4-2-5)11(8,9)10/h2*1-4H,7H2,(H,8,9,10). The average Bonchev–Trinajstić information content (AvgIpc) is 2.38. The summed E-state index contributed by atoms with van der Waals surface area (Å²) in [5.41, 5.74) is 11.5. The number of benzene rings is 2. The molecule has 0 fully saturated rings. The summed E-state index contributed by atoms with van der Waals surface area (Å²) in [7, 11) is -8.15. The van der Waals surface area contributed by atoms with E-state index in [1.54, 1.807) is 0 Å². The van der Waals surface area contributed by atoms with Crippen molar-refractivity contribution in [3.63, 3.8) is 0 Å². The fourth-order valence-electron chi connectivity index (χ4n) is 1.28. The van der Waals surface area contributed by atoms with Crippen LogP contribution in [-0.2, 0) is 20.2 Å². The molecule has 2 rings (SSSR count). The predicted molar refractivity (Wildman–Crippen MR) is 81.3 cm³/mol. The molecular formula is C12H14N2O6S2. The van der Waals surface area contributed by atoms with Crippen LogP contribution in [0.5, 0.6) is 0 Å². The van der Waals surface area contributed by atoms with Crippen LogP contribution in [0.25, 0.3) is 0 Å². The van der Waals surface area contributed by atoms with E-state index >= 15 is 0 Å². The van der Waals surface area contributed by atoms with Gasteiger partial charge in [0.05, 0.1) is 9.79 Å². The molecule has 0 aromatic heterocycles. The molecule has 0 saturated heterocycles. The Bertz CT molecular complexity index is 755. The topological polar surface area (TPSA) is 161 Å². The van der Waals surface area contributed by atoms with Gasteiger partial charge < -0.3 is 11.5 Å². The van der Waals surface area contributed by atoms with Crippen LogP contribution in [0.3, 0.4) is 0 Å². The Hall–Kier alpha value is -2.14. The highest BCUT2D eigenvalue weighted by Gasteiger charge is 2.07. The Morgan fingerprint density at radius 1 is 0.591 bits per heavy atom. The van der Waals surface area contributed by atoms with Crippen molar-refractivity contribution in [1.82, 2.24) is 0 Å². The van der Waals surface area contributed by atoms with E-state index in [0.717, 1.165) is 0 Å². The Balaban J connectivity index is 0.000000220. The highest BCUT2D eigenvalue weighted by atomic mass is 32.2. The first-order chi connectivity index (χ1) is 10.00. The van der Waals surface area contributed by atoms with Crippen LogP contribution in [0.2, 0.25) is 0 Å². The van der Waals surface area contributed by atoms with E-state index < -0.39 is 20.2 Å². The number of nitrogens with two attached hydrogens (primary N) is 2. The molecule has 120 valence electrons. The monoisotopic (exact) mass is 346 g/mol. The van der Waals surface area contributed by atoms with Crippen molar-refractivity contribution < 1.29 is 25.9 Å². The first-order valence-electron chi connectivity index (χ1n) is 5.66. The van der Waals surface area contributed by atoms with E-state index in [4.69, 9.17) is 20.6 Å². The molecule has 0 aliphatic carbocycles. The lowest BCUT2D eigenvalue weighted by Crippen LogP contribution is -1.97. The fourth-order valence-corrected chi connectivity index (χ4v) is 2.24. The Kier molecular flexibility index (Phi) is 5.49. The molecule has 8 nitrogen and oxygen atoms in total. The highest BCUT2D eigenvalue weighted by molar-refractivity contribution is 7.86. The zero-order chi connectivity index (χ0) is 17.0. The minimum absolute atomic E-state index is 0.147. The van der Waals surface area contributed by atoms with Gasteiger partial charge in [0.25, 0.3) is 20.2 Å². The van der Waals surface area contributed by atoms with E-state index in [0.29, 0.717) is 11.4 Å². The molecule has 0 spiro atoms. The summed E-state index contributed by atoms with van der Waals surface area (Å²) in [6.07, 6.45) is 0. The quantitative estimate of drug-likeness (QED) is 0.463. The van der Waals surface area contributed by atoms with E-state index in [9.17, 15) is 16.8 Å². The molecule has 0 radical (unpaired) electrons. The summed E-state index contributed by atoms with van der Waals surface area (Å²) in [4.78, 5) is -0.293. The molecule has 0 amide bonds. The minimum atomic E-state index is -4.08. The SMILES string of the molecule is Nc1ccc(S(=O)(=O)O)cc1.Nc1ccc(S(=O)(=O)O)cc1. The van der Waals surface area contributed by atoms with Gasteiger partial charge >= 0.3 is 0 Å². The molecule has 22 heavy (non-hydrogen) atoms. The van der Waals surface area contributed by atoms with Crippen molar-refractivity contribution in [2.75, 3.05) is 11.5 Å². The van der Waals surface area contributed by atoms with E-state index in [-0.39, 0.29) is 9.79 Å². The lowest BCUT2D eigenvalue weighted by Gasteiger charge is -1.95. The summed E-state index contributed by atoms with van der Waals surface area (Å²) < 4.78 is 58.9. The van der Waals surface area contributed by atoms with Gasteiger partial charge in [-0.05, 0) is 48.5 Å². The number of hydrogen-bond donors (Lipinski definition) is 4. The van der Waals surface area contributed by atoms with Gasteiger partial charge in [-0.3, -0.25) is 9.11 Å². The van der Waals surface area contributed by atoms with Crippen LogP contribution in [0.4, 0.5) is 11.4 Å².